The molecule has 76 valence electrons. The van der Waals surface area contributed by atoms with Crippen LogP contribution in [0.4, 0.5) is 0 Å². The molecule has 1 aromatic carbocycles. The van der Waals surface area contributed by atoms with Crippen molar-refractivity contribution in [1.82, 2.24) is 0 Å². The van der Waals surface area contributed by atoms with Crippen LogP contribution in [-0.2, 0) is 16.0 Å². The van der Waals surface area contributed by atoms with E-state index in [1.165, 1.54) is 0 Å². The molecule has 0 bridgehead atoms. The van der Waals surface area contributed by atoms with Crippen LogP contribution < -0.4 is 4.74 Å². The molecule has 0 radical (unpaired) electrons. The second-order valence-electron chi connectivity index (χ2n) is 3.38. The van der Waals surface area contributed by atoms with Crippen LogP contribution in [0.5, 0.6) is 5.75 Å². The van der Waals surface area contributed by atoms with Gasteiger partial charge in [0.05, 0.1) is 12.7 Å². The average molecular weight is 202 g/mol. The van der Waals surface area contributed by atoms with Crippen molar-refractivity contribution < 1.29 is 14.3 Å². The molecule has 0 heterocycles. The van der Waals surface area contributed by atoms with Crippen LogP contribution in [0.2, 0.25) is 0 Å². The van der Waals surface area contributed by atoms with Gasteiger partial charge in [-0.1, -0.05) is 6.07 Å². The van der Waals surface area contributed by atoms with Crippen LogP contribution in [0.25, 0.3) is 6.08 Å². The molecule has 0 aromatic heterocycles. The van der Waals surface area contributed by atoms with Gasteiger partial charge in [-0.15, -0.1) is 0 Å². The van der Waals surface area contributed by atoms with Crippen LogP contribution >= 0.6 is 0 Å². The van der Waals surface area contributed by atoms with E-state index in [1.54, 1.807) is 13.2 Å². The molecule has 1 aliphatic carbocycles. The molecule has 0 N–H and O–H groups in total. The van der Waals surface area contributed by atoms with E-state index >= 15 is 0 Å². The Morgan fingerprint density at radius 2 is 2.20 bits per heavy atom. The summed E-state index contributed by atoms with van der Waals surface area (Å²) in [5.41, 5.74) is 2.06. The lowest BCUT2D eigenvalue weighted by molar-refractivity contribution is -0.117. The summed E-state index contributed by atoms with van der Waals surface area (Å²) < 4.78 is 5.07. The van der Waals surface area contributed by atoms with E-state index in [-0.39, 0.29) is 17.8 Å². The predicted molar refractivity (Wildman–Crippen MR) is 55.7 cm³/mol. The molecule has 0 spiro atoms. The molecule has 1 aliphatic rings. The largest absolute Gasteiger partial charge is 0.497 e. The Labute approximate surface area is 87.4 Å². The molecule has 0 saturated carbocycles. The van der Waals surface area contributed by atoms with Crippen molar-refractivity contribution in [1.29, 1.82) is 0 Å². The third kappa shape index (κ3) is 1.68. The number of allylic oxidation sites excluding steroid dienone is 1. The first-order chi connectivity index (χ1) is 7.24. The van der Waals surface area contributed by atoms with Gasteiger partial charge < -0.3 is 4.74 Å². The van der Waals surface area contributed by atoms with E-state index < -0.39 is 0 Å². The van der Waals surface area contributed by atoms with E-state index in [9.17, 15) is 9.59 Å². The standard InChI is InChI=1S/C12H10O3/c1-15-11-3-2-8-4-10(7-13)12(14)6-9(8)5-11/h2-5,7H,6H2,1H3. The van der Waals surface area contributed by atoms with E-state index in [0.29, 0.717) is 6.29 Å². The Morgan fingerprint density at radius 1 is 1.40 bits per heavy atom. The van der Waals surface area contributed by atoms with Crippen LogP contribution in [-0.4, -0.2) is 19.2 Å². The van der Waals surface area contributed by atoms with Crippen molar-refractivity contribution in [2.45, 2.75) is 6.42 Å². The van der Waals surface area contributed by atoms with Gasteiger partial charge >= 0.3 is 0 Å². The monoisotopic (exact) mass is 202 g/mol. The average Bonchev–Trinajstić information content (AvgIpc) is 2.27. The number of rotatable bonds is 2. The zero-order valence-corrected chi connectivity index (χ0v) is 8.32. The van der Waals surface area contributed by atoms with E-state index in [4.69, 9.17) is 4.74 Å². The highest BCUT2D eigenvalue weighted by molar-refractivity contribution is 6.17. The molecule has 0 aliphatic heterocycles. The number of benzene rings is 1. The fraction of sp³-hybridized carbons (Fsp3) is 0.167. The Bertz CT molecular complexity index is 458. The minimum atomic E-state index is -0.134. The summed E-state index contributed by atoms with van der Waals surface area (Å²) in [5, 5.41) is 0. The van der Waals surface area contributed by atoms with Gasteiger partial charge in [0.25, 0.3) is 0 Å². The minimum absolute atomic E-state index is 0.134. The van der Waals surface area contributed by atoms with E-state index in [0.717, 1.165) is 16.9 Å². The normalized spacial score (nSPS) is 14.2. The van der Waals surface area contributed by atoms with Gasteiger partial charge in [-0.3, -0.25) is 9.59 Å². The second-order valence-corrected chi connectivity index (χ2v) is 3.38. The van der Waals surface area contributed by atoms with Gasteiger partial charge in [0.2, 0.25) is 0 Å². The summed E-state index contributed by atoms with van der Waals surface area (Å²) in [6, 6.07) is 5.49. The van der Waals surface area contributed by atoms with Gasteiger partial charge in [-0.05, 0) is 29.3 Å². The number of ketones is 1. The van der Waals surface area contributed by atoms with Crippen molar-refractivity contribution in [2.24, 2.45) is 0 Å². The molecule has 2 rings (SSSR count). The minimum Gasteiger partial charge on any atom is -0.497 e. The molecular weight excluding hydrogens is 192 g/mol. The number of ether oxygens (including phenoxy) is 1. The lowest BCUT2D eigenvalue weighted by Crippen LogP contribution is -2.13. The number of aldehydes is 1. The summed E-state index contributed by atoms with van der Waals surface area (Å²) in [6.07, 6.45) is 2.50. The first-order valence-electron chi connectivity index (χ1n) is 4.61. The Morgan fingerprint density at radius 3 is 2.87 bits per heavy atom. The third-order valence-corrected chi connectivity index (χ3v) is 2.46. The molecule has 0 atom stereocenters. The van der Waals surface area contributed by atoms with Crippen LogP contribution in [0.1, 0.15) is 11.1 Å². The van der Waals surface area contributed by atoms with Gasteiger partial charge in [-0.2, -0.15) is 0 Å². The zero-order chi connectivity index (χ0) is 10.8. The molecule has 0 saturated heterocycles. The topological polar surface area (TPSA) is 43.4 Å². The second kappa shape index (κ2) is 3.69. The maximum absolute atomic E-state index is 11.4. The highest BCUT2D eigenvalue weighted by Crippen LogP contribution is 2.24. The maximum Gasteiger partial charge on any atom is 0.170 e. The third-order valence-electron chi connectivity index (χ3n) is 2.46. The zero-order valence-electron chi connectivity index (χ0n) is 8.32. The van der Waals surface area contributed by atoms with Crippen molar-refractivity contribution in [3.8, 4) is 5.75 Å². The summed E-state index contributed by atoms with van der Waals surface area (Å²) in [7, 11) is 1.58. The summed E-state index contributed by atoms with van der Waals surface area (Å²) >= 11 is 0. The number of hydrogen-bond acceptors (Lipinski definition) is 3. The molecule has 15 heavy (non-hydrogen) atoms. The maximum atomic E-state index is 11.4. The number of Topliss-reactive ketones (excluding diaryl/α,β-unsaturated/α-hetero) is 1. The van der Waals surface area contributed by atoms with Crippen LogP contribution in [0, 0.1) is 0 Å². The highest BCUT2D eigenvalue weighted by atomic mass is 16.5. The highest BCUT2D eigenvalue weighted by Gasteiger charge is 2.18. The summed E-state index contributed by atoms with van der Waals surface area (Å²) in [4.78, 5) is 22.0. The van der Waals surface area contributed by atoms with Crippen LogP contribution in [0.3, 0.4) is 0 Å². The fourth-order valence-electron chi connectivity index (χ4n) is 1.63. The van der Waals surface area contributed by atoms with Gasteiger partial charge in [-0.25, -0.2) is 0 Å². The van der Waals surface area contributed by atoms with Gasteiger partial charge in [0.1, 0.15) is 5.75 Å². The van der Waals surface area contributed by atoms with Crippen molar-refractivity contribution in [3.63, 3.8) is 0 Å². The quantitative estimate of drug-likeness (QED) is 0.538. The molecular formula is C12H10O3. The molecule has 1 aromatic rings. The Hall–Kier alpha value is -1.90. The number of hydrogen-bond donors (Lipinski definition) is 0. The lowest BCUT2D eigenvalue weighted by Gasteiger charge is -2.13. The van der Waals surface area contributed by atoms with Crippen molar-refractivity contribution in [3.05, 3.63) is 34.9 Å². The van der Waals surface area contributed by atoms with Crippen molar-refractivity contribution in [2.75, 3.05) is 7.11 Å². The Kier molecular flexibility index (Phi) is 2.37. The van der Waals surface area contributed by atoms with Crippen LogP contribution in [0.15, 0.2) is 23.8 Å². The van der Waals surface area contributed by atoms with E-state index in [1.807, 2.05) is 18.2 Å². The first kappa shape index (κ1) is 9.65. The van der Waals surface area contributed by atoms with Gasteiger partial charge in [0, 0.05) is 6.42 Å². The predicted octanol–water partition coefficient (Wildman–Crippen LogP) is 1.40. The molecule has 0 amide bonds. The van der Waals surface area contributed by atoms with Crippen molar-refractivity contribution >= 4 is 18.1 Å². The number of fused-ring (bicyclic) bond motifs is 1. The summed E-state index contributed by atoms with van der Waals surface area (Å²) in [5.74, 6) is 0.593. The lowest BCUT2D eigenvalue weighted by atomic mass is 9.92. The Balaban J connectivity index is 2.50. The molecule has 0 fully saturated rings. The van der Waals surface area contributed by atoms with E-state index in [2.05, 4.69) is 0 Å². The smallest absolute Gasteiger partial charge is 0.170 e. The SMILES string of the molecule is COc1ccc2c(c1)CC(=O)C(C=O)=C2. The van der Waals surface area contributed by atoms with Gasteiger partial charge in [0.15, 0.2) is 12.1 Å². The summed E-state index contributed by atoms with van der Waals surface area (Å²) in [6.45, 7) is 0. The number of carbonyl (C=O) groups excluding carboxylic acids is 2. The molecule has 0 unspecified atom stereocenters. The molecule has 3 heteroatoms. The number of methoxy groups -OCH3 is 1. The molecule has 3 nitrogen and oxygen atoms in total. The first-order valence-corrected chi connectivity index (χ1v) is 4.61. The number of carbonyl (C=O) groups is 2. The fourth-order valence-corrected chi connectivity index (χ4v) is 1.63.